The highest BCUT2D eigenvalue weighted by Gasteiger charge is 2.00. The molecule has 1 aromatic heterocycles. The molecule has 0 radical (unpaired) electrons. The lowest BCUT2D eigenvalue weighted by Gasteiger charge is -2.08. The van der Waals surface area contributed by atoms with Crippen molar-refractivity contribution in [1.29, 1.82) is 0 Å². The van der Waals surface area contributed by atoms with E-state index in [0.717, 1.165) is 5.69 Å². The fourth-order valence-electron chi connectivity index (χ4n) is 1.23. The van der Waals surface area contributed by atoms with Gasteiger partial charge in [-0.2, -0.15) is 0 Å². The maximum absolute atomic E-state index is 11.5. The van der Waals surface area contributed by atoms with Gasteiger partial charge in [0.1, 0.15) is 5.82 Å². The van der Waals surface area contributed by atoms with Gasteiger partial charge in [-0.15, -0.1) is 0 Å². The van der Waals surface area contributed by atoms with Crippen LogP contribution < -0.4 is 16.2 Å². The highest BCUT2D eigenvalue weighted by atomic mass is 16.2. The molecule has 0 aliphatic rings. The van der Waals surface area contributed by atoms with Crippen LogP contribution in [0.1, 0.15) is 0 Å². The van der Waals surface area contributed by atoms with E-state index in [0.29, 0.717) is 5.82 Å². The van der Waals surface area contributed by atoms with Gasteiger partial charge < -0.3 is 0 Å². The lowest BCUT2D eigenvalue weighted by molar-refractivity contribution is 0.253. The first-order valence-electron chi connectivity index (χ1n) is 5.14. The van der Waals surface area contributed by atoms with Crippen LogP contribution in [0.25, 0.3) is 0 Å². The van der Waals surface area contributed by atoms with Crippen LogP contribution in [0, 0.1) is 0 Å². The molecule has 0 fully saturated rings. The Kier molecular flexibility index (Phi) is 3.54. The first kappa shape index (κ1) is 10.9. The predicted octanol–water partition coefficient (Wildman–Crippen LogP) is 2.23. The molecule has 0 saturated carbocycles. The Bertz CT molecular complexity index is 472. The molecule has 17 heavy (non-hydrogen) atoms. The molecule has 5 heteroatoms. The molecule has 0 bridgehead atoms. The average Bonchev–Trinajstić information content (AvgIpc) is 2.39. The second kappa shape index (κ2) is 5.50. The number of carbonyl (C=O) groups excluding carboxylic acids is 1. The summed E-state index contributed by atoms with van der Waals surface area (Å²) in [5.74, 6) is 0.500. The summed E-state index contributed by atoms with van der Waals surface area (Å²) >= 11 is 0. The summed E-state index contributed by atoms with van der Waals surface area (Å²) in [6, 6.07) is 14.3. The van der Waals surface area contributed by atoms with E-state index in [4.69, 9.17) is 0 Å². The minimum Gasteiger partial charge on any atom is -0.297 e. The van der Waals surface area contributed by atoms with Crippen molar-refractivity contribution in [2.24, 2.45) is 0 Å². The Labute approximate surface area is 98.9 Å². The molecular weight excluding hydrogens is 216 g/mol. The first-order chi connectivity index (χ1) is 8.34. The molecule has 0 unspecified atom stereocenters. The Balaban J connectivity index is 1.83. The Morgan fingerprint density at radius 2 is 1.76 bits per heavy atom. The van der Waals surface area contributed by atoms with E-state index in [-0.39, 0.29) is 6.03 Å². The fraction of sp³-hybridized carbons (Fsp3) is 0. The van der Waals surface area contributed by atoms with E-state index >= 15 is 0 Å². The molecule has 86 valence electrons. The minimum absolute atomic E-state index is 0.368. The number of amides is 2. The van der Waals surface area contributed by atoms with E-state index in [2.05, 4.69) is 21.2 Å². The van der Waals surface area contributed by atoms with Crippen molar-refractivity contribution in [3.05, 3.63) is 54.7 Å². The molecular formula is C12H12N4O. The summed E-state index contributed by atoms with van der Waals surface area (Å²) in [5.41, 5.74) is 6.09. The molecule has 0 atom stereocenters. The first-order valence-corrected chi connectivity index (χ1v) is 5.14. The van der Waals surface area contributed by atoms with Crippen LogP contribution in [-0.4, -0.2) is 11.0 Å². The van der Waals surface area contributed by atoms with Gasteiger partial charge in [0, 0.05) is 6.20 Å². The lowest BCUT2D eigenvalue weighted by Crippen LogP contribution is -2.33. The topological polar surface area (TPSA) is 66.1 Å². The number of carbonyl (C=O) groups is 1. The zero-order valence-corrected chi connectivity index (χ0v) is 9.05. The number of para-hydroxylation sites is 1. The predicted molar refractivity (Wildman–Crippen MR) is 66.5 cm³/mol. The van der Waals surface area contributed by atoms with Crippen LogP contribution in [0.5, 0.6) is 0 Å². The summed E-state index contributed by atoms with van der Waals surface area (Å²) in [6.07, 6.45) is 1.61. The second-order valence-electron chi connectivity index (χ2n) is 3.29. The standard InChI is InChI=1S/C12H12N4O/c17-12(14-11-8-4-5-9-13-11)16-15-10-6-2-1-3-7-10/h1-9,15H,(H2,13,14,16,17). The number of hydrazine groups is 1. The highest BCUT2D eigenvalue weighted by molar-refractivity contribution is 5.88. The van der Waals surface area contributed by atoms with Gasteiger partial charge in [-0.05, 0) is 24.3 Å². The van der Waals surface area contributed by atoms with Crippen molar-refractivity contribution < 1.29 is 4.79 Å². The number of benzene rings is 1. The maximum Gasteiger partial charge on any atom is 0.339 e. The summed E-state index contributed by atoms with van der Waals surface area (Å²) < 4.78 is 0. The lowest BCUT2D eigenvalue weighted by atomic mass is 10.3. The van der Waals surface area contributed by atoms with Crippen LogP contribution in [0.4, 0.5) is 16.3 Å². The summed E-state index contributed by atoms with van der Waals surface area (Å²) in [7, 11) is 0. The van der Waals surface area contributed by atoms with E-state index < -0.39 is 0 Å². The van der Waals surface area contributed by atoms with Crippen molar-refractivity contribution in [2.75, 3.05) is 10.7 Å². The van der Waals surface area contributed by atoms with Gasteiger partial charge in [0.2, 0.25) is 0 Å². The third-order valence-corrected chi connectivity index (χ3v) is 2.00. The molecule has 2 aromatic rings. The van der Waals surface area contributed by atoms with Crippen LogP contribution in [0.15, 0.2) is 54.7 Å². The third-order valence-electron chi connectivity index (χ3n) is 2.00. The Morgan fingerprint density at radius 3 is 2.47 bits per heavy atom. The molecule has 0 spiro atoms. The van der Waals surface area contributed by atoms with E-state index in [9.17, 15) is 4.79 Å². The van der Waals surface area contributed by atoms with Gasteiger partial charge >= 0.3 is 6.03 Å². The minimum atomic E-state index is -0.368. The number of urea groups is 1. The molecule has 3 N–H and O–H groups in total. The van der Waals surface area contributed by atoms with E-state index in [1.54, 1.807) is 24.4 Å². The van der Waals surface area contributed by atoms with Crippen molar-refractivity contribution >= 4 is 17.5 Å². The summed E-state index contributed by atoms with van der Waals surface area (Å²) in [4.78, 5) is 15.4. The number of nitrogens with one attached hydrogen (secondary N) is 3. The third kappa shape index (κ3) is 3.49. The van der Waals surface area contributed by atoms with Crippen molar-refractivity contribution in [1.82, 2.24) is 10.4 Å². The summed E-state index contributed by atoms with van der Waals surface area (Å²) in [5, 5.41) is 2.59. The van der Waals surface area contributed by atoms with E-state index in [1.165, 1.54) is 0 Å². The normalized spacial score (nSPS) is 9.41. The van der Waals surface area contributed by atoms with Crippen LogP contribution in [0.2, 0.25) is 0 Å². The number of hydrogen-bond acceptors (Lipinski definition) is 3. The number of hydrogen-bond donors (Lipinski definition) is 3. The van der Waals surface area contributed by atoms with Gasteiger partial charge in [0.15, 0.2) is 0 Å². The zero-order chi connectivity index (χ0) is 11.9. The Hall–Kier alpha value is -2.56. The number of aromatic nitrogens is 1. The highest BCUT2D eigenvalue weighted by Crippen LogP contribution is 2.03. The van der Waals surface area contributed by atoms with Gasteiger partial charge in [-0.1, -0.05) is 24.3 Å². The van der Waals surface area contributed by atoms with Gasteiger partial charge in [-0.25, -0.2) is 9.78 Å². The van der Waals surface area contributed by atoms with Gasteiger partial charge in [0.05, 0.1) is 5.69 Å². The molecule has 0 saturated heterocycles. The largest absolute Gasteiger partial charge is 0.339 e. The molecule has 2 rings (SSSR count). The quantitative estimate of drug-likeness (QED) is 0.706. The fourth-order valence-corrected chi connectivity index (χ4v) is 1.23. The van der Waals surface area contributed by atoms with Gasteiger partial charge in [0.25, 0.3) is 0 Å². The molecule has 1 heterocycles. The number of nitrogens with zero attached hydrogens (tertiary/aromatic N) is 1. The SMILES string of the molecule is O=C(NNc1ccccc1)Nc1ccccn1. The van der Waals surface area contributed by atoms with Gasteiger partial charge in [-0.3, -0.25) is 16.2 Å². The maximum atomic E-state index is 11.5. The van der Waals surface area contributed by atoms with Crippen molar-refractivity contribution in [3.8, 4) is 0 Å². The zero-order valence-electron chi connectivity index (χ0n) is 9.05. The van der Waals surface area contributed by atoms with Crippen LogP contribution >= 0.6 is 0 Å². The van der Waals surface area contributed by atoms with E-state index in [1.807, 2.05) is 30.3 Å². The average molecular weight is 228 g/mol. The Morgan fingerprint density at radius 1 is 1.00 bits per heavy atom. The molecule has 5 nitrogen and oxygen atoms in total. The molecule has 2 amide bonds. The summed E-state index contributed by atoms with van der Waals surface area (Å²) in [6.45, 7) is 0. The van der Waals surface area contributed by atoms with Crippen LogP contribution in [0.3, 0.4) is 0 Å². The number of anilines is 2. The molecule has 1 aromatic carbocycles. The van der Waals surface area contributed by atoms with Crippen LogP contribution in [-0.2, 0) is 0 Å². The van der Waals surface area contributed by atoms with Crippen molar-refractivity contribution in [3.63, 3.8) is 0 Å². The smallest absolute Gasteiger partial charge is 0.297 e. The van der Waals surface area contributed by atoms with Crippen molar-refractivity contribution in [2.45, 2.75) is 0 Å². The monoisotopic (exact) mass is 228 g/mol. The second-order valence-corrected chi connectivity index (χ2v) is 3.29. The number of rotatable bonds is 3. The molecule has 0 aliphatic heterocycles. The molecule has 0 aliphatic carbocycles. The number of pyridine rings is 1.